The Morgan fingerprint density at radius 1 is 1.42 bits per heavy atom. The van der Waals surface area contributed by atoms with Crippen molar-refractivity contribution in [2.75, 3.05) is 13.1 Å². The van der Waals surface area contributed by atoms with Gasteiger partial charge in [-0.15, -0.1) is 0 Å². The van der Waals surface area contributed by atoms with Gasteiger partial charge in [-0.05, 0) is 18.4 Å². The number of carbonyl (C=O) groups excluding carboxylic acids is 1. The van der Waals surface area contributed by atoms with Crippen molar-refractivity contribution in [2.45, 2.75) is 25.3 Å². The van der Waals surface area contributed by atoms with Crippen LogP contribution in [0.2, 0.25) is 0 Å². The van der Waals surface area contributed by atoms with Crippen LogP contribution in [0.4, 0.5) is 0 Å². The van der Waals surface area contributed by atoms with Crippen molar-refractivity contribution < 1.29 is 4.79 Å². The number of carbonyl (C=O) groups is 1. The lowest BCUT2D eigenvalue weighted by molar-refractivity contribution is -0.120. The predicted octanol–water partition coefficient (Wildman–Crippen LogP) is 0.412. The Balaban J connectivity index is 1.57. The maximum absolute atomic E-state index is 11.7. The number of rotatable bonds is 6. The molecule has 2 rings (SSSR count). The third-order valence-electron chi connectivity index (χ3n) is 3.09. The van der Waals surface area contributed by atoms with E-state index in [0.29, 0.717) is 25.0 Å². The molecule has 5 nitrogen and oxygen atoms in total. The molecule has 1 amide bonds. The Kier molecular flexibility index (Phi) is 4.78. The molecule has 1 atom stereocenters. The first-order valence-corrected chi connectivity index (χ1v) is 6.61. The van der Waals surface area contributed by atoms with Gasteiger partial charge in [-0.1, -0.05) is 30.3 Å². The minimum atomic E-state index is 0.0707. The van der Waals surface area contributed by atoms with Crippen LogP contribution in [0.15, 0.2) is 35.3 Å². The molecule has 0 aromatic heterocycles. The largest absolute Gasteiger partial charge is 0.370 e. The zero-order valence-corrected chi connectivity index (χ0v) is 10.9. The van der Waals surface area contributed by atoms with E-state index in [2.05, 4.69) is 15.6 Å². The summed E-state index contributed by atoms with van der Waals surface area (Å²) in [7, 11) is 0. The van der Waals surface area contributed by atoms with Crippen LogP contribution >= 0.6 is 0 Å². The average Bonchev–Trinajstić information content (AvgIpc) is 2.82. The monoisotopic (exact) mass is 260 g/mol. The van der Waals surface area contributed by atoms with E-state index in [-0.39, 0.29) is 5.91 Å². The molecule has 1 aliphatic heterocycles. The Morgan fingerprint density at radius 2 is 2.21 bits per heavy atom. The summed E-state index contributed by atoms with van der Waals surface area (Å²) in [6, 6.07) is 10.1. The summed E-state index contributed by atoms with van der Waals surface area (Å²) in [4.78, 5) is 15.8. The van der Waals surface area contributed by atoms with Crippen molar-refractivity contribution >= 4 is 11.9 Å². The lowest BCUT2D eigenvalue weighted by atomic mass is 10.1. The number of nitrogens with two attached hydrogens (primary N) is 1. The summed E-state index contributed by atoms with van der Waals surface area (Å²) >= 11 is 0. The van der Waals surface area contributed by atoms with Gasteiger partial charge in [0.2, 0.25) is 5.91 Å². The van der Waals surface area contributed by atoms with Crippen LogP contribution in [0.5, 0.6) is 0 Å². The first kappa shape index (κ1) is 13.4. The van der Waals surface area contributed by atoms with Gasteiger partial charge in [0.15, 0.2) is 5.96 Å². The van der Waals surface area contributed by atoms with Gasteiger partial charge in [-0.3, -0.25) is 9.79 Å². The lowest BCUT2D eigenvalue weighted by Crippen LogP contribution is -2.35. The van der Waals surface area contributed by atoms with E-state index in [1.165, 1.54) is 0 Å². The Bertz CT molecular complexity index is 444. The average molecular weight is 260 g/mol. The van der Waals surface area contributed by atoms with Gasteiger partial charge in [-0.25, -0.2) is 0 Å². The summed E-state index contributed by atoms with van der Waals surface area (Å²) in [6.45, 7) is 1.44. The lowest BCUT2D eigenvalue weighted by Gasteiger charge is -2.10. The summed E-state index contributed by atoms with van der Waals surface area (Å²) in [6.07, 6.45) is 2.34. The molecule has 1 aromatic carbocycles. The summed E-state index contributed by atoms with van der Waals surface area (Å²) in [5.41, 5.74) is 6.57. The fourth-order valence-corrected chi connectivity index (χ4v) is 2.09. The van der Waals surface area contributed by atoms with Crippen LogP contribution in [0.3, 0.4) is 0 Å². The Labute approximate surface area is 113 Å². The van der Waals surface area contributed by atoms with Crippen molar-refractivity contribution in [3.8, 4) is 0 Å². The molecule has 0 spiro atoms. The highest BCUT2D eigenvalue weighted by atomic mass is 16.1. The van der Waals surface area contributed by atoms with Gasteiger partial charge >= 0.3 is 0 Å². The second kappa shape index (κ2) is 6.78. The standard InChI is InChI=1S/C14H20N4O/c15-14-17-10-12(18-14)7-4-8-16-13(19)9-11-5-2-1-3-6-11/h1-3,5-6,12H,4,7-10H2,(H,16,19)(H3,15,17,18)/t12-/m0/s1. The van der Waals surface area contributed by atoms with Crippen LogP contribution < -0.4 is 16.4 Å². The maximum Gasteiger partial charge on any atom is 0.224 e. The molecule has 0 aliphatic carbocycles. The molecule has 19 heavy (non-hydrogen) atoms. The second-order valence-corrected chi connectivity index (χ2v) is 4.72. The van der Waals surface area contributed by atoms with Crippen molar-refractivity contribution in [1.82, 2.24) is 10.6 Å². The molecule has 1 heterocycles. The zero-order valence-electron chi connectivity index (χ0n) is 10.9. The van der Waals surface area contributed by atoms with Gasteiger partial charge in [-0.2, -0.15) is 0 Å². The number of hydrogen-bond donors (Lipinski definition) is 3. The van der Waals surface area contributed by atoms with Crippen molar-refractivity contribution in [1.29, 1.82) is 0 Å². The van der Waals surface area contributed by atoms with Gasteiger partial charge in [0.05, 0.1) is 13.0 Å². The summed E-state index contributed by atoms with van der Waals surface area (Å²) < 4.78 is 0. The number of nitrogens with one attached hydrogen (secondary N) is 2. The number of benzene rings is 1. The van der Waals surface area contributed by atoms with Crippen LogP contribution in [0.25, 0.3) is 0 Å². The van der Waals surface area contributed by atoms with Crippen LogP contribution in [0.1, 0.15) is 18.4 Å². The summed E-state index contributed by atoms with van der Waals surface area (Å²) in [5, 5.41) is 6.03. The fourth-order valence-electron chi connectivity index (χ4n) is 2.09. The van der Waals surface area contributed by atoms with Gasteiger partial charge < -0.3 is 16.4 Å². The summed E-state index contributed by atoms with van der Waals surface area (Å²) in [5.74, 6) is 0.597. The molecule has 0 fully saturated rings. The third kappa shape index (κ3) is 4.62. The van der Waals surface area contributed by atoms with E-state index in [1.807, 2.05) is 30.3 Å². The van der Waals surface area contributed by atoms with Crippen molar-refractivity contribution in [3.63, 3.8) is 0 Å². The highest BCUT2D eigenvalue weighted by molar-refractivity contribution is 5.79. The highest BCUT2D eigenvalue weighted by Gasteiger charge is 2.14. The van der Waals surface area contributed by atoms with Crippen molar-refractivity contribution in [2.24, 2.45) is 10.7 Å². The van der Waals surface area contributed by atoms with Gasteiger partial charge in [0.1, 0.15) is 0 Å². The molecule has 102 valence electrons. The number of nitrogens with zero attached hydrogens (tertiary/aromatic N) is 1. The minimum absolute atomic E-state index is 0.0707. The second-order valence-electron chi connectivity index (χ2n) is 4.72. The molecule has 0 bridgehead atoms. The molecule has 4 N–H and O–H groups in total. The quantitative estimate of drug-likeness (QED) is 0.648. The van der Waals surface area contributed by atoms with E-state index >= 15 is 0 Å². The molecule has 0 radical (unpaired) electrons. The van der Waals surface area contributed by atoms with E-state index in [9.17, 15) is 4.79 Å². The maximum atomic E-state index is 11.7. The number of guanidine groups is 1. The van der Waals surface area contributed by atoms with E-state index in [4.69, 9.17) is 5.73 Å². The van der Waals surface area contributed by atoms with E-state index < -0.39 is 0 Å². The molecule has 0 unspecified atom stereocenters. The van der Waals surface area contributed by atoms with Crippen LogP contribution in [-0.4, -0.2) is 31.0 Å². The molecule has 1 aliphatic rings. The van der Waals surface area contributed by atoms with Crippen molar-refractivity contribution in [3.05, 3.63) is 35.9 Å². The van der Waals surface area contributed by atoms with E-state index in [1.54, 1.807) is 0 Å². The first-order valence-electron chi connectivity index (χ1n) is 6.61. The number of amides is 1. The predicted molar refractivity (Wildman–Crippen MR) is 75.8 cm³/mol. The number of aliphatic imine (C=N–C) groups is 1. The minimum Gasteiger partial charge on any atom is -0.370 e. The SMILES string of the molecule is NC1=NC[C@H](CCCNC(=O)Cc2ccccc2)N1. The number of hydrogen-bond acceptors (Lipinski definition) is 4. The first-order chi connectivity index (χ1) is 9.24. The molecular formula is C14H20N4O. The smallest absolute Gasteiger partial charge is 0.224 e. The molecule has 0 saturated carbocycles. The Morgan fingerprint density at radius 3 is 2.89 bits per heavy atom. The topological polar surface area (TPSA) is 79.5 Å². The molecular weight excluding hydrogens is 240 g/mol. The normalized spacial score (nSPS) is 17.7. The Hall–Kier alpha value is -2.04. The molecule has 5 heteroatoms. The van der Waals surface area contributed by atoms with Crippen LogP contribution in [-0.2, 0) is 11.2 Å². The fraction of sp³-hybridized carbons (Fsp3) is 0.429. The van der Waals surface area contributed by atoms with E-state index in [0.717, 1.165) is 24.9 Å². The van der Waals surface area contributed by atoms with Gasteiger partial charge in [0.25, 0.3) is 0 Å². The highest BCUT2D eigenvalue weighted by Crippen LogP contribution is 2.02. The zero-order chi connectivity index (χ0) is 13.5. The molecule has 1 aromatic rings. The van der Waals surface area contributed by atoms with Gasteiger partial charge in [0, 0.05) is 12.6 Å². The molecule has 0 saturated heterocycles. The van der Waals surface area contributed by atoms with Crippen LogP contribution in [0, 0.1) is 0 Å². The third-order valence-corrected chi connectivity index (χ3v) is 3.09.